The third-order valence-corrected chi connectivity index (χ3v) is 5.68. The van der Waals surface area contributed by atoms with Crippen LogP contribution in [0.3, 0.4) is 0 Å². The first kappa shape index (κ1) is 17.6. The van der Waals surface area contributed by atoms with E-state index in [1.165, 1.54) is 0 Å². The van der Waals surface area contributed by atoms with Gasteiger partial charge in [0.25, 0.3) is 0 Å². The third kappa shape index (κ3) is 2.89. The molecule has 0 atom stereocenters. The number of amides is 1. The molecule has 4 heterocycles. The molecule has 0 saturated heterocycles. The van der Waals surface area contributed by atoms with E-state index < -0.39 is 0 Å². The van der Waals surface area contributed by atoms with Crippen LogP contribution in [-0.4, -0.2) is 60.5 Å². The van der Waals surface area contributed by atoms with Gasteiger partial charge in [-0.25, -0.2) is 4.98 Å². The first-order valence-corrected chi connectivity index (χ1v) is 9.55. The molecule has 0 spiro atoms. The zero-order valence-corrected chi connectivity index (χ0v) is 16.5. The van der Waals surface area contributed by atoms with Crippen LogP contribution in [0.1, 0.15) is 19.8 Å². The fraction of sp³-hybridized carbons (Fsp3) is 0.350. The molecule has 4 aromatic rings. The lowest BCUT2D eigenvalue weighted by molar-refractivity contribution is -0.143. The number of hydrogen-bond acceptors (Lipinski definition) is 6. The number of pyridine rings is 1. The van der Waals surface area contributed by atoms with Gasteiger partial charge in [-0.15, -0.1) is 10.2 Å². The number of hydrogen-bond donors (Lipinski definition) is 2. The van der Waals surface area contributed by atoms with Crippen LogP contribution in [-0.2, 0) is 4.79 Å². The fourth-order valence-corrected chi connectivity index (χ4v) is 4.23. The summed E-state index contributed by atoms with van der Waals surface area (Å²) in [7, 11) is 3.60. The van der Waals surface area contributed by atoms with Crippen molar-refractivity contribution in [3.05, 3.63) is 37.1 Å². The van der Waals surface area contributed by atoms with Crippen molar-refractivity contribution >= 4 is 28.5 Å². The Labute approximate surface area is 167 Å². The van der Waals surface area contributed by atoms with Gasteiger partial charge >= 0.3 is 0 Å². The topological polar surface area (TPSA) is 104 Å². The maximum absolute atomic E-state index is 12.3. The first-order chi connectivity index (χ1) is 13.9. The maximum Gasteiger partial charge on any atom is 0.228 e. The van der Waals surface area contributed by atoms with Gasteiger partial charge in [-0.2, -0.15) is 4.98 Å². The molecule has 1 fully saturated rings. The van der Waals surface area contributed by atoms with Crippen molar-refractivity contribution in [1.29, 1.82) is 0 Å². The smallest absolute Gasteiger partial charge is 0.228 e. The number of carbonyl (C=O) groups is 1. The highest BCUT2D eigenvalue weighted by Gasteiger charge is 2.47. The second-order valence-electron chi connectivity index (χ2n) is 8.18. The van der Waals surface area contributed by atoms with Gasteiger partial charge in [-0.3, -0.25) is 9.20 Å². The van der Waals surface area contributed by atoms with E-state index in [9.17, 15) is 4.79 Å². The normalized spacial score (nSPS) is 21.3. The van der Waals surface area contributed by atoms with Crippen molar-refractivity contribution < 1.29 is 4.79 Å². The Kier molecular flexibility index (Phi) is 3.80. The largest absolute Gasteiger partial charge is 0.351 e. The molecule has 2 N–H and O–H groups in total. The van der Waals surface area contributed by atoms with E-state index in [0.717, 1.165) is 40.6 Å². The lowest BCUT2D eigenvalue weighted by Crippen LogP contribution is -2.52. The summed E-state index contributed by atoms with van der Waals surface area (Å²) in [5.41, 5.74) is 3.33. The third-order valence-electron chi connectivity index (χ3n) is 5.68. The highest BCUT2D eigenvalue weighted by atomic mass is 16.2. The Morgan fingerprint density at radius 3 is 2.97 bits per heavy atom. The molecule has 1 aliphatic carbocycles. The van der Waals surface area contributed by atoms with Gasteiger partial charge in [0, 0.05) is 55.2 Å². The van der Waals surface area contributed by atoms with Gasteiger partial charge < -0.3 is 15.2 Å². The van der Waals surface area contributed by atoms with Gasteiger partial charge in [0.05, 0.1) is 5.41 Å². The molecular weight excluding hydrogens is 368 g/mol. The second kappa shape index (κ2) is 6.26. The molecule has 29 heavy (non-hydrogen) atoms. The number of carbonyl (C=O) groups excluding carboxylic acids is 1. The number of aromatic amines is 1. The van der Waals surface area contributed by atoms with Crippen LogP contribution in [0.2, 0.25) is 0 Å². The summed E-state index contributed by atoms with van der Waals surface area (Å²) >= 11 is 0. The molecule has 4 aromatic heterocycles. The lowest BCUT2D eigenvalue weighted by atomic mass is 9.66. The van der Waals surface area contributed by atoms with Crippen LogP contribution >= 0.6 is 0 Å². The number of nitrogens with one attached hydrogen (secondary N) is 2. The van der Waals surface area contributed by atoms with Crippen molar-refractivity contribution in [2.75, 3.05) is 19.4 Å². The van der Waals surface area contributed by atoms with Crippen LogP contribution in [0.15, 0.2) is 37.1 Å². The minimum absolute atomic E-state index is 0.172. The highest BCUT2D eigenvalue weighted by Crippen LogP contribution is 2.43. The summed E-state index contributed by atoms with van der Waals surface area (Å²) in [6.07, 6.45) is 8.99. The number of nitrogens with zero attached hydrogens (tertiary/aromatic N) is 6. The molecule has 0 unspecified atom stereocenters. The van der Waals surface area contributed by atoms with E-state index >= 15 is 0 Å². The monoisotopic (exact) mass is 390 g/mol. The van der Waals surface area contributed by atoms with E-state index in [0.29, 0.717) is 5.95 Å². The van der Waals surface area contributed by atoms with Crippen LogP contribution in [0.4, 0.5) is 5.95 Å². The summed E-state index contributed by atoms with van der Waals surface area (Å²) < 4.78 is 1.88. The van der Waals surface area contributed by atoms with Crippen molar-refractivity contribution in [3.63, 3.8) is 0 Å². The summed E-state index contributed by atoms with van der Waals surface area (Å²) in [4.78, 5) is 26.3. The Hall–Kier alpha value is -3.49. The molecule has 9 heteroatoms. The predicted octanol–water partition coefficient (Wildman–Crippen LogP) is 2.34. The van der Waals surface area contributed by atoms with Crippen molar-refractivity contribution in [1.82, 2.24) is 34.4 Å². The summed E-state index contributed by atoms with van der Waals surface area (Å²) in [5, 5.41) is 12.3. The van der Waals surface area contributed by atoms with Crippen molar-refractivity contribution in [2.45, 2.75) is 25.8 Å². The Morgan fingerprint density at radius 1 is 1.34 bits per heavy atom. The van der Waals surface area contributed by atoms with E-state index in [2.05, 4.69) is 30.5 Å². The Bertz CT molecular complexity index is 1220. The highest BCUT2D eigenvalue weighted by molar-refractivity contribution is 5.93. The zero-order chi connectivity index (χ0) is 20.2. The van der Waals surface area contributed by atoms with Crippen LogP contribution in [0, 0.1) is 5.41 Å². The average Bonchev–Trinajstić information content (AvgIpc) is 3.31. The minimum atomic E-state index is -0.300. The first-order valence-electron chi connectivity index (χ1n) is 9.55. The number of fused-ring (bicyclic) bond motifs is 2. The number of aromatic nitrogens is 6. The lowest BCUT2D eigenvalue weighted by Gasteiger charge is -2.45. The molecule has 0 bridgehead atoms. The standard InChI is InChI=1S/C20H22N8O/c1-20(18(29)27(2)3)6-13(7-20)24-19-22-9-15-14(8-21-17(15)25-19)12-4-5-16-26-23-11-28(16)10-12/h4-5,8-11,13H,6-7H2,1-3H3,(H2,21,22,24,25). The molecule has 1 aliphatic rings. The number of rotatable bonds is 4. The molecule has 1 saturated carbocycles. The molecule has 1 amide bonds. The van der Waals surface area contributed by atoms with Crippen molar-refractivity contribution in [2.24, 2.45) is 5.41 Å². The summed E-state index contributed by atoms with van der Waals surface area (Å²) in [5.74, 6) is 0.746. The molecule has 0 radical (unpaired) electrons. The van der Waals surface area contributed by atoms with Crippen LogP contribution in [0.5, 0.6) is 0 Å². The molecule has 0 aliphatic heterocycles. The summed E-state index contributed by atoms with van der Waals surface area (Å²) in [6, 6.07) is 4.14. The van der Waals surface area contributed by atoms with Crippen molar-refractivity contribution in [3.8, 4) is 11.1 Å². The second-order valence-corrected chi connectivity index (χ2v) is 8.18. The predicted molar refractivity (Wildman–Crippen MR) is 109 cm³/mol. The Morgan fingerprint density at radius 2 is 2.17 bits per heavy atom. The molecule has 148 valence electrons. The van der Waals surface area contributed by atoms with Crippen LogP contribution in [0.25, 0.3) is 27.8 Å². The van der Waals surface area contributed by atoms with Gasteiger partial charge in [0.15, 0.2) is 5.65 Å². The van der Waals surface area contributed by atoms with Gasteiger partial charge in [0.1, 0.15) is 12.0 Å². The minimum Gasteiger partial charge on any atom is -0.351 e. The zero-order valence-electron chi connectivity index (χ0n) is 16.5. The van der Waals surface area contributed by atoms with Gasteiger partial charge in [-0.05, 0) is 25.0 Å². The molecular formula is C20H22N8O. The van der Waals surface area contributed by atoms with Gasteiger partial charge in [-0.1, -0.05) is 6.92 Å². The maximum atomic E-state index is 12.3. The van der Waals surface area contributed by atoms with E-state index in [-0.39, 0.29) is 17.4 Å². The van der Waals surface area contributed by atoms with Crippen LogP contribution < -0.4 is 5.32 Å². The Balaban J connectivity index is 1.35. The van der Waals surface area contributed by atoms with E-state index in [4.69, 9.17) is 0 Å². The summed E-state index contributed by atoms with van der Waals surface area (Å²) in [6.45, 7) is 2.02. The number of H-pyrrole nitrogens is 1. The number of anilines is 1. The van der Waals surface area contributed by atoms with Gasteiger partial charge in [0.2, 0.25) is 11.9 Å². The quantitative estimate of drug-likeness (QED) is 0.554. The fourth-order valence-electron chi connectivity index (χ4n) is 4.23. The molecule has 9 nitrogen and oxygen atoms in total. The molecule has 5 rings (SSSR count). The SMILES string of the molecule is CN(C)C(=O)C1(C)CC(Nc2ncc3c(-c4ccc5nncn5c4)c[nH]c3n2)C1. The van der Waals surface area contributed by atoms with E-state index in [1.54, 1.807) is 25.3 Å². The molecule has 0 aromatic carbocycles. The van der Waals surface area contributed by atoms with E-state index in [1.807, 2.05) is 42.0 Å². The average molecular weight is 390 g/mol.